The highest BCUT2D eigenvalue weighted by atomic mass is 28.3. The summed E-state index contributed by atoms with van der Waals surface area (Å²) >= 11 is 0. The van der Waals surface area contributed by atoms with Gasteiger partial charge < -0.3 is 9.47 Å². The summed E-state index contributed by atoms with van der Waals surface area (Å²) in [6.07, 6.45) is 4.59. The number of hydrogen-bond acceptors (Lipinski definition) is 3. The van der Waals surface area contributed by atoms with Crippen LogP contribution in [0.15, 0.2) is 60.7 Å². The van der Waals surface area contributed by atoms with Crippen LogP contribution in [-0.2, 0) is 14.3 Å². The number of esters is 1. The van der Waals surface area contributed by atoms with E-state index in [-0.39, 0.29) is 5.97 Å². The second kappa shape index (κ2) is 11.6. The Morgan fingerprint density at radius 3 is 1.82 bits per heavy atom. The minimum absolute atomic E-state index is 0.302. The summed E-state index contributed by atoms with van der Waals surface area (Å²) in [5.41, 5.74) is 6.66. The summed E-state index contributed by atoms with van der Waals surface area (Å²) in [5.74, 6) is -0.302. The van der Waals surface area contributed by atoms with E-state index in [1.165, 1.54) is 16.7 Å². The smallest absolute Gasteiger partial charge is 0.331 e. The predicted molar refractivity (Wildman–Crippen MR) is 144 cm³/mol. The third kappa shape index (κ3) is 7.83. The summed E-state index contributed by atoms with van der Waals surface area (Å²) in [7, 11) is -1.40. The third-order valence-electron chi connectivity index (χ3n) is 6.64. The minimum Gasteiger partial charge on any atom is -0.463 e. The van der Waals surface area contributed by atoms with Crippen LogP contribution < -0.4 is 0 Å². The van der Waals surface area contributed by atoms with Crippen LogP contribution in [0.25, 0.3) is 22.3 Å². The molecule has 0 unspecified atom stereocenters. The van der Waals surface area contributed by atoms with Gasteiger partial charge in [0, 0.05) is 12.3 Å². The van der Waals surface area contributed by atoms with Gasteiger partial charge in [-0.2, -0.15) is 0 Å². The van der Waals surface area contributed by atoms with Crippen LogP contribution in [0.2, 0.25) is 18.1 Å². The minimum atomic E-state index is -1.40. The molecule has 0 saturated heterocycles. The molecule has 2 rings (SSSR count). The van der Waals surface area contributed by atoms with Gasteiger partial charge in [-0.15, -0.1) is 0 Å². The van der Waals surface area contributed by atoms with Crippen molar-refractivity contribution in [2.45, 2.75) is 59.7 Å². The van der Waals surface area contributed by atoms with Crippen LogP contribution in [0, 0.1) is 0 Å². The fourth-order valence-electron chi connectivity index (χ4n) is 3.13. The van der Waals surface area contributed by atoms with Crippen molar-refractivity contribution in [3.8, 4) is 11.1 Å². The van der Waals surface area contributed by atoms with E-state index in [2.05, 4.69) is 83.3 Å². The van der Waals surface area contributed by atoms with Crippen LogP contribution >= 0.6 is 0 Å². The zero-order chi connectivity index (χ0) is 24.6. The lowest BCUT2D eigenvalue weighted by atomic mass is 9.98. The molecule has 0 fully saturated rings. The van der Waals surface area contributed by atoms with Crippen LogP contribution in [0.3, 0.4) is 0 Å². The first-order valence-corrected chi connectivity index (χ1v) is 15.0. The number of allylic oxidation sites excluding steroid dienone is 2. The molecule has 2 aromatic rings. The summed E-state index contributed by atoms with van der Waals surface area (Å²) in [6, 6.07) is 16.9. The van der Waals surface area contributed by atoms with Gasteiger partial charge in [-0.3, -0.25) is 0 Å². The number of carbonyl (C=O) groups excluding carboxylic acids is 1. The van der Waals surface area contributed by atoms with E-state index >= 15 is 0 Å². The van der Waals surface area contributed by atoms with Gasteiger partial charge in [0.05, 0.1) is 21.3 Å². The van der Waals surface area contributed by atoms with Gasteiger partial charge in [-0.05, 0) is 59.2 Å². The predicted octanol–water partition coefficient (Wildman–Crippen LogP) is 7.79. The Morgan fingerprint density at radius 1 is 0.879 bits per heavy atom. The average Bonchev–Trinajstić information content (AvgIpc) is 2.76. The first kappa shape index (κ1) is 26.8. The molecule has 0 N–H and O–H groups in total. The largest absolute Gasteiger partial charge is 0.463 e. The Balaban J connectivity index is 2.00. The SMILES string of the molecule is CCOC(=O)/C=C(\C)c1ccc(-c2ccc(/C(C)=C/COC[Si](C)(C)C(C)(C)C)cc2)cc1. The highest BCUT2D eigenvalue weighted by Crippen LogP contribution is 2.35. The van der Waals surface area contributed by atoms with Gasteiger partial charge in [0.25, 0.3) is 0 Å². The van der Waals surface area contributed by atoms with Crippen molar-refractivity contribution in [2.75, 3.05) is 19.4 Å². The van der Waals surface area contributed by atoms with E-state index in [1.54, 1.807) is 6.08 Å². The fourth-order valence-corrected chi connectivity index (χ4v) is 4.19. The molecule has 0 aliphatic heterocycles. The molecule has 33 heavy (non-hydrogen) atoms. The van der Waals surface area contributed by atoms with Crippen molar-refractivity contribution in [3.63, 3.8) is 0 Å². The zero-order valence-electron chi connectivity index (χ0n) is 21.6. The summed E-state index contributed by atoms with van der Waals surface area (Å²) < 4.78 is 11.0. The number of ether oxygens (including phenoxy) is 2. The Bertz CT molecular complexity index is 975. The van der Waals surface area contributed by atoms with Crippen LogP contribution in [0.1, 0.15) is 52.7 Å². The molecule has 0 amide bonds. The molecule has 0 atom stereocenters. The van der Waals surface area contributed by atoms with E-state index in [9.17, 15) is 4.79 Å². The molecule has 0 bridgehead atoms. The van der Waals surface area contributed by atoms with Gasteiger partial charge in [0.2, 0.25) is 0 Å². The molecule has 0 aromatic heterocycles. The van der Waals surface area contributed by atoms with Crippen molar-refractivity contribution in [2.24, 2.45) is 0 Å². The van der Waals surface area contributed by atoms with E-state index in [1.807, 2.05) is 26.0 Å². The first-order chi connectivity index (χ1) is 15.4. The van der Waals surface area contributed by atoms with Crippen molar-refractivity contribution >= 4 is 25.2 Å². The van der Waals surface area contributed by atoms with E-state index in [4.69, 9.17) is 9.47 Å². The van der Waals surface area contributed by atoms with E-state index < -0.39 is 8.07 Å². The Morgan fingerprint density at radius 2 is 1.36 bits per heavy atom. The van der Waals surface area contributed by atoms with Crippen molar-refractivity contribution < 1.29 is 14.3 Å². The zero-order valence-corrected chi connectivity index (χ0v) is 22.6. The lowest BCUT2D eigenvalue weighted by Gasteiger charge is -2.36. The lowest BCUT2D eigenvalue weighted by molar-refractivity contribution is -0.137. The first-order valence-electron chi connectivity index (χ1n) is 11.8. The Hall–Kier alpha value is -2.43. The maximum atomic E-state index is 11.7. The summed E-state index contributed by atoms with van der Waals surface area (Å²) in [5, 5.41) is 0.343. The third-order valence-corrected chi connectivity index (χ3v) is 11.6. The quantitative estimate of drug-likeness (QED) is 0.164. The fraction of sp³-hybridized carbons (Fsp3) is 0.414. The van der Waals surface area contributed by atoms with E-state index in [0.29, 0.717) is 18.3 Å². The molecule has 0 heterocycles. The molecule has 0 aliphatic carbocycles. The maximum absolute atomic E-state index is 11.7. The second-order valence-corrected chi connectivity index (χ2v) is 15.8. The molecule has 0 saturated carbocycles. The van der Waals surface area contributed by atoms with Crippen molar-refractivity contribution in [3.05, 3.63) is 71.8 Å². The Labute approximate surface area is 201 Å². The number of benzene rings is 2. The molecule has 0 radical (unpaired) electrons. The van der Waals surface area contributed by atoms with Crippen LogP contribution in [-0.4, -0.2) is 33.5 Å². The molecular weight excluding hydrogens is 424 g/mol. The average molecular weight is 465 g/mol. The maximum Gasteiger partial charge on any atom is 0.331 e. The standard InChI is InChI=1S/C29H40O3Si/c1-9-32-28(30)20-23(3)25-12-16-27(17-13-25)26-14-10-24(11-15-26)22(2)18-19-31-21-33(7,8)29(4,5)6/h10-18,20H,9,19,21H2,1-8H3/b22-18+,23-20+. The molecule has 0 aliphatic rings. The molecular formula is C29H40O3Si. The topological polar surface area (TPSA) is 35.5 Å². The van der Waals surface area contributed by atoms with E-state index in [0.717, 1.165) is 22.9 Å². The number of hydrogen-bond donors (Lipinski definition) is 0. The summed E-state index contributed by atoms with van der Waals surface area (Å²) in [4.78, 5) is 11.7. The monoisotopic (exact) mass is 464 g/mol. The highest BCUT2D eigenvalue weighted by molar-refractivity contribution is 6.80. The second-order valence-electron chi connectivity index (χ2n) is 10.3. The molecule has 3 nitrogen and oxygen atoms in total. The van der Waals surface area contributed by atoms with Crippen molar-refractivity contribution in [1.29, 1.82) is 0 Å². The number of carbonyl (C=O) groups is 1. The van der Waals surface area contributed by atoms with Gasteiger partial charge in [-0.25, -0.2) is 4.79 Å². The Kier molecular flexibility index (Phi) is 9.44. The molecule has 4 heteroatoms. The van der Waals surface area contributed by atoms with Crippen molar-refractivity contribution in [1.82, 2.24) is 0 Å². The number of rotatable bonds is 9. The van der Waals surface area contributed by atoms with Crippen LogP contribution in [0.4, 0.5) is 0 Å². The van der Waals surface area contributed by atoms with Gasteiger partial charge >= 0.3 is 5.97 Å². The van der Waals surface area contributed by atoms with Gasteiger partial charge in [-0.1, -0.05) is 88.5 Å². The van der Waals surface area contributed by atoms with Gasteiger partial charge in [0.15, 0.2) is 0 Å². The van der Waals surface area contributed by atoms with Gasteiger partial charge in [0.1, 0.15) is 0 Å². The molecule has 0 spiro atoms. The normalized spacial score (nSPS) is 13.2. The van der Waals surface area contributed by atoms with Crippen LogP contribution in [0.5, 0.6) is 0 Å². The molecule has 178 valence electrons. The molecule has 2 aromatic carbocycles. The highest BCUT2D eigenvalue weighted by Gasteiger charge is 2.35. The summed E-state index contributed by atoms with van der Waals surface area (Å²) in [6.45, 7) is 18.7. The lowest BCUT2D eigenvalue weighted by Crippen LogP contribution is -2.42.